The molecule has 1 unspecified atom stereocenters. The lowest BCUT2D eigenvalue weighted by molar-refractivity contribution is 0.148. The van der Waals surface area contributed by atoms with Crippen molar-refractivity contribution in [2.45, 2.75) is 45.7 Å². The number of benzene rings is 1. The Morgan fingerprint density at radius 3 is 2.64 bits per heavy atom. The minimum absolute atomic E-state index is 0.0207. The molecule has 1 aliphatic heterocycles. The highest BCUT2D eigenvalue weighted by molar-refractivity contribution is 5.74. The van der Waals surface area contributed by atoms with Crippen molar-refractivity contribution >= 4 is 6.03 Å². The number of likely N-dealkylation sites (tertiary alicyclic amines) is 1. The van der Waals surface area contributed by atoms with E-state index in [1.54, 1.807) is 6.20 Å². The predicted molar refractivity (Wildman–Crippen MR) is 112 cm³/mol. The van der Waals surface area contributed by atoms with E-state index in [4.69, 9.17) is 0 Å². The molecule has 1 aromatic carbocycles. The summed E-state index contributed by atoms with van der Waals surface area (Å²) in [6.07, 6.45) is 4.89. The van der Waals surface area contributed by atoms with Crippen molar-refractivity contribution in [2.75, 3.05) is 26.7 Å². The summed E-state index contributed by atoms with van der Waals surface area (Å²) in [4.78, 5) is 24.6. The second-order valence-corrected chi connectivity index (χ2v) is 7.95. The Kier molecular flexibility index (Phi) is 7.09. The first-order valence-corrected chi connectivity index (χ1v) is 10.3. The molecular weight excluding hydrogens is 350 g/mol. The van der Waals surface area contributed by atoms with Gasteiger partial charge in [-0.2, -0.15) is 0 Å². The lowest BCUT2D eigenvalue weighted by Crippen LogP contribution is -2.44. The fourth-order valence-corrected chi connectivity index (χ4v) is 3.87. The van der Waals surface area contributed by atoms with Crippen molar-refractivity contribution in [3.05, 3.63) is 53.6 Å². The summed E-state index contributed by atoms with van der Waals surface area (Å²) in [5.74, 6) is 1.39. The first kappa shape index (κ1) is 20.4. The number of aryl methyl sites for hydroxylation is 1. The average molecular weight is 384 g/mol. The zero-order valence-corrected chi connectivity index (χ0v) is 17.3. The number of piperidine rings is 1. The molecule has 6 heteroatoms. The van der Waals surface area contributed by atoms with E-state index < -0.39 is 0 Å². The van der Waals surface area contributed by atoms with Gasteiger partial charge < -0.3 is 15.2 Å². The van der Waals surface area contributed by atoms with E-state index in [0.717, 1.165) is 57.0 Å². The van der Waals surface area contributed by atoms with Crippen LogP contribution >= 0.6 is 0 Å². The van der Waals surface area contributed by atoms with Gasteiger partial charge in [-0.25, -0.2) is 9.78 Å². The van der Waals surface area contributed by atoms with E-state index in [2.05, 4.69) is 57.4 Å². The summed E-state index contributed by atoms with van der Waals surface area (Å²) in [6, 6.07) is 10.5. The van der Waals surface area contributed by atoms with Gasteiger partial charge in [-0.3, -0.25) is 4.90 Å². The molecule has 1 atom stereocenters. The van der Waals surface area contributed by atoms with Gasteiger partial charge in [0.2, 0.25) is 0 Å². The largest absolute Gasteiger partial charge is 0.344 e. The van der Waals surface area contributed by atoms with Crippen LogP contribution < -0.4 is 5.32 Å². The molecule has 0 saturated carbocycles. The van der Waals surface area contributed by atoms with Gasteiger partial charge >= 0.3 is 6.03 Å². The number of imidazole rings is 1. The van der Waals surface area contributed by atoms with Gasteiger partial charge in [-0.05, 0) is 50.8 Å². The van der Waals surface area contributed by atoms with E-state index in [9.17, 15) is 4.79 Å². The van der Waals surface area contributed by atoms with Crippen LogP contribution in [-0.2, 0) is 6.54 Å². The zero-order chi connectivity index (χ0) is 19.9. The molecule has 2 N–H and O–H groups in total. The van der Waals surface area contributed by atoms with Crippen LogP contribution in [0, 0.1) is 12.8 Å². The second kappa shape index (κ2) is 9.73. The molecule has 0 spiro atoms. The summed E-state index contributed by atoms with van der Waals surface area (Å²) in [5, 5.41) is 3.11. The monoisotopic (exact) mass is 383 g/mol. The predicted octanol–water partition coefficient (Wildman–Crippen LogP) is 3.72. The zero-order valence-electron chi connectivity index (χ0n) is 17.3. The molecule has 1 fully saturated rings. The number of nitrogens with one attached hydrogen (secondary N) is 2. The Morgan fingerprint density at radius 1 is 1.32 bits per heavy atom. The molecule has 3 rings (SSSR count). The van der Waals surface area contributed by atoms with E-state index in [1.807, 2.05) is 18.9 Å². The van der Waals surface area contributed by atoms with Crippen LogP contribution in [0.3, 0.4) is 0 Å². The number of carbonyl (C=O) groups excluding carboxylic acids is 1. The topological polar surface area (TPSA) is 64.3 Å². The number of urea groups is 1. The van der Waals surface area contributed by atoms with Crippen LogP contribution in [-0.4, -0.2) is 52.5 Å². The third kappa shape index (κ3) is 5.58. The molecule has 1 saturated heterocycles. The highest BCUT2D eigenvalue weighted by Gasteiger charge is 2.23. The Hall–Kier alpha value is -2.34. The van der Waals surface area contributed by atoms with Gasteiger partial charge in [-0.1, -0.05) is 37.3 Å². The van der Waals surface area contributed by atoms with E-state index in [-0.39, 0.29) is 12.1 Å². The summed E-state index contributed by atoms with van der Waals surface area (Å²) in [7, 11) is 1.89. The Morgan fingerprint density at radius 2 is 2.04 bits per heavy atom. The fraction of sp³-hybridized carbons (Fsp3) is 0.545. The van der Waals surface area contributed by atoms with Gasteiger partial charge in [0, 0.05) is 32.0 Å². The summed E-state index contributed by atoms with van der Waals surface area (Å²) in [6.45, 7) is 8.05. The van der Waals surface area contributed by atoms with E-state index >= 15 is 0 Å². The van der Waals surface area contributed by atoms with Crippen LogP contribution in [0.1, 0.15) is 49.3 Å². The van der Waals surface area contributed by atoms with Crippen molar-refractivity contribution in [3.8, 4) is 0 Å². The molecule has 0 bridgehead atoms. The van der Waals surface area contributed by atoms with Crippen LogP contribution in [0.4, 0.5) is 4.79 Å². The third-order valence-electron chi connectivity index (χ3n) is 5.59. The van der Waals surface area contributed by atoms with Crippen LogP contribution in [0.25, 0.3) is 0 Å². The molecule has 152 valence electrons. The molecule has 1 aliphatic rings. The lowest BCUT2D eigenvalue weighted by Gasteiger charge is -2.34. The summed E-state index contributed by atoms with van der Waals surface area (Å²) < 4.78 is 0. The third-order valence-corrected chi connectivity index (χ3v) is 5.59. The number of hydrogen-bond donors (Lipinski definition) is 2. The van der Waals surface area contributed by atoms with Crippen molar-refractivity contribution < 1.29 is 4.79 Å². The molecule has 0 aliphatic carbocycles. The van der Waals surface area contributed by atoms with Gasteiger partial charge in [0.25, 0.3) is 0 Å². The Labute approximate surface area is 168 Å². The smallest absolute Gasteiger partial charge is 0.317 e. The molecule has 28 heavy (non-hydrogen) atoms. The maximum Gasteiger partial charge on any atom is 0.317 e. The number of aromatic amines is 1. The quantitative estimate of drug-likeness (QED) is 0.766. The fourth-order valence-electron chi connectivity index (χ4n) is 3.87. The van der Waals surface area contributed by atoms with Crippen LogP contribution in [0.5, 0.6) is 0 Å². The first-order valence-electron chi connectivity index (χ1n) is 10.3. The molecule has 1 aromatic heterocycles. The number of H-pyrrole nitrogens is 1. The Bertz CT molecular complexity index is 736. The highest BCUT2D eigenvalue weighted by Crippen LogP contribution is 2.20. The summed E-state index contributed by atoms with van der Waals surface area (Å²) in [5.41, 5.74) is 2.38. The minimum Gasteiger partial charge on any atom is -0.344 e. The second-order valence-electron chi connectivity index (χ2n) is 7.95. The number of rotatable bonds is 7. The Balaban J connectivity index is 1.43. The van der Waals surface area contributed by atoms with Crippen molar-refractivity contribution in [1.29, 1.82) is 0 Å². The van der Waals surface area contributed by atoms with Gasteiger partial charge in [0.1, 0.15) is 5.82 Å². The maximum absolute atomic E-state index is 12.6. The number of hydrogen-bond acceptors (Lipinski definition) is 3. The average Bonchev–Trinajstić information content (AvgIpc) is 3.14. The normalized spacial score (nSPS) is 16.7. The van der Waals surface area contributed by atoms with Crippen molar-refractivity contribution in [1.82, 2.24) is 25.1 Å². The van der Waals surface area contributed by atoms with Gasteiger partial charge in [-0.15, -0.1) is 0 Å². The number of aromatic nitrogens is 2. The number of amides is 2. The standard InChI is InChI=1S/C22H33N5O/c1-4-20(21-23-14-17(2)24-21)25-22(28)26(3)15-19-10-12-27(13-11-19)16-18-8-6-5-7-9-18/h5-9,14,19-20H,4,10-13,15-16H2,1-3H3,(H,23,24)(H,25,28). The SMILES string of the molecule is CCC(NC(=O)N(C)CC1CCN(Cc2ccccc2)CC1)c1ncc(C)[nH]1. The molecule has 2 heterocycles. The van der Waals surface area contributed by atoms with Crippen LogP contribution in [0.2, 0.25) is 0 Å². The molecule has 6 nitrogen and oxygen atoms in total. The molecule has 2 aromatic rings. The van der Waals surface area contributed by atoms with Gasteiger partial charge in [0.15, 0.2) is 0 Å². The first-order chi connectivity index (χ1) is 13.5. The molecule has 0 radical (unpaired) electrons. The van der Waals surface area contributed by atoms with Crippen LogP contribution in [0.15, 0.2) is 36.5 Å². The molecule has 2 amide bonds. The highest BCUT2D eigenvalue weighted by atomic mass is 16.2. The number of carbonyl (C=O) groups is 1. The minimum atomic E-state index is -0.0728. The summed E-state index contributed by atoms with van der Waals surface area (Å²) >= 11 is 0. The van der Waals surface area contributed by atoms with E-state index in [1.165, 1.54) is 5.56 Å². The maximum atomic E-state index is 12.6. The van der Waals surface area contributed by atoms with E-state index in [0.29, 0.717) is 5.92 Å². The number of nitrogens with zero attached hydrogens (tertiary/aromatic N) is 3. The van der Waals surface area contributed by atoms with Crippen molar-refractivity contribution in [3.63, 3.8) is 0 Å². The van der Waals surface area contributed by atoms with Crippen molar-refractivity contribution in [2.24, 2.45) is 5.92 Å². The molecular formula is C22H33N5O. The van der Waals surface area contributed by atoms with Gasteiger partial charge in [0.05, 0.1) is 6.04 Å². The lowest BCUT2D eigenvalue weighted by atomic mass is 9.96.